The van der Waals surface area contributed by atoms with Gasteiger partial charge in [0.1, 0.15) is 4.88 Å². The Morgan fingerprint density at radius 3 is 2.68 bits per heavy atom. The van der Waals surface area contributed by atoms with Crippen LogP contribution in [0.15, 0.2) is 30.6 Å². The molecule has 1 aromatic carbocycles. The molecule has 130 valence electrons. The van der Waals surface area contributed by atoms with Gasteiger partial charge < -0.3 is 20.5 Å². The van der Waals surface area contributed by atoms with Gasteiger partial charge in [0.2, 0.25) is 0 Å². The van der Waals surface area contributed by atoms with Gasteiger partial charge in [0.25, 0.3) is 5.91 Å². The SMILES string of the molecule is COc1ccc(CNC(=O)c2sc3cncc(C)c3c2N)cc1OC. The van der Waals surface area contributed by atoms with Gasteiger partial charge in [-0.15, -0.1) is 11.3 Å². The standard InChI is InChI=1S/C18H19N3O3S/c1-10-7-20-9-14-15(10)16(19)17(25-14)18(22)21-8-11-4-5-12(23-2)13(6-11)24-3/h4-7,9H,8,19H2,1-3H3,(H,21,22). The van der Waals surface area contributed by atoms with Gasteiger partial charge in [-0.05, 0) is 30.2 Å². The summed E-state index contributed by atoms with van der Waals surface area (Å²) in [4.78, 5) is 17.2. The van der Waals surface area contributed by atoms with E-state index < -0.39 is 0 Å². The number of nitrogen functional groups attached to an aromatic ring is 1. The number of fused-ring (bicyclic) bond motifs is 1. The van der Waals surface area contributed by atoms with E-state index in [0.29, 0.717) is 28.6 Å². The number of pyridine rings is 1. The summed E-state index contributed by atoms with van der Waals surface area (Å²) in [7, 11) is 3.16. The van der Waals surface area contributed by atoms with Gasteiger partial charge in [-0.25, -0.2) is 0 Å². The summed E-state index contributed by atoms with van der Waals surface area (Å²) >= 11 is 1.35. The number of thiophene rings is 1. The number of nitrogens with two attached hydrogens (primary N) is 1. The van der Waals surface area contributed by atoms with E-state index in [1.807, 2.05) is 25.1 Å². The Balaban J connectivity index is 1.79. The number of rotatable bonds is 5. The van der Waals surface area contributed by atoms with E-state index in [-0.39, 0.29) is 5.91 Å². The minimum absolute atomic E-state index is 0.201. The van der Waals surface area contributed by atoms with Crippen molar-refractivity contribution in [3.63, 3.8) is 0 Å². The Morgan fingerprint density at radius 2 is 2.00 bits per heavy atom. The molecular formula is C18H19N3O3S. The third-order valence-corrected chi connectivity index (χ3v) is 5.07. The highest BCUT2D eigenvalue weighted by Crippen LogP contribution is 2.35. The number of nitrogens with one attached hydrogen (secondary N) is 1. The predicted molar refractivity (Wildman–Crippen MR) is 99.5 cm³/mol. The molecule has 2 aromatic heterocycles. The highest BCUT2D eigenvalue weighted by molar-refractivity contribution is 7.21. The summed E-state index contributed by atoms with van der Waals surface area (Å²) in [6.07, 6.45) is 3.48. The van der Waals surface area contributed by atoms with Gasteiger partial charge >= 0.3 is 0 Å². The van der Waals surface area contributed by atoms with Crippen LogP contribution in [0.25, 0.3) is 10.1 Å². The minimum Gasteiger partial charge on any atom is -0.493 e. The number of anilines is 1. The number of methoxy groups -OCH3 is 2. The maximum atomic E-state index is 12.5. The molecule has 3 N–H and O–H groups in total. The molecule has 0 atom stereocenters. The van der Waals surface area contributed by atoms with Gasteiger partial charge in [-0.2, -0.15) is 0 Å². The number of amides is 1. The number of aromatic nitrogens is 1. The molecule has 3 rings (SSSR count). The molecule has 0 fully saturated rings. The fraction of sp³-hybridized carbons (Fsp3) is 0.222. The summed E-state index contributed by atoms with van der Waals surface area (Å²) < 4.78 is 11.4. The Kier molecular flexibility index (Phi) is 4.76. The zero-order valence-corrected chi connectivity index (χ0v) is 15.1. The van der Waals surface area contributed by atoms with E-state index in [9.17, 15) is 4.79 Å². The van der Waals surface area contributed by atoms with Gasteiger partial charge in [0, 0.05) is 24.3 Å². The third-order valence-electron chi connectivity index (χ3n) is 3.93. The fourth-order valence-electron chi connectivity index (χ4n) is 2.66. The zero-order chi connectivity index (χ0) is 18.0. The van der Waals surface area contributed by atoms with Crippen LogP contribution in [-0.2, 0) is 6.54 Å². The topological polar surface area (TPSA) is 86.5 Å². The maximum Gasteiger partial charge on any atom is 0.263 e. The third kappa shape index (κ3) is 3.23. The molecule has 0 unspecified atom stereocenters. The summed E-state index contributed by atoms with van der Waals surface area (Å²) in [5.74, 6) is 1.07. The molecule has 25 heavy (non-hydrogen) atoms. The normalized spacial score (nSPS) is 10.7. The van der Waals surface area contributed by atoms with Crippen molar-refractivity contribution in [3.8, 4) is 11.5 Å². The molecular weight excluding hydrogens is 338 g/mol. The van der Waals surface area contributed by atoms with Crippen LogP contribution < -0.4 is 20.5 Å². The molecule has 6 nitrogen and oxygen atoms in total. The lowest BCUT2D eigenvalue weighted by atomic mass is 10.1. The lowest BCUT2D eigenvalue weighted by molar-refractivity contribution is 0.0956. The molecule has 3 aromatic rings. The Hall–Kier alpha value is -2.80. The van der Waals surface area contributed by atoms with Crippen molar-refractivity contribution in [2.45, 2.75) is 13.5 Å². The summed E-state index contributed by atoms with van der Waals surface area (Å²) in [6.45, 7) is 2.30. The first-order chi connectivity index (χ1) is 12.0. The van der Waals surface area contributed by atoms with E-state index in [4.69, 9.17) is 15.2 Å². The highest BCUT2D eigenvalue weighted by Gasteiger charge is 2.17. The first-order valence-electron chi connectivity index (χ1n) is 7.66. The summed E-state index contributed by atoms with van der Waals surface area (Å²) in [5, 5.41) is 3.80. The van der Waals surface area contributed by atoms with Crippen molar-refractivity contribution in [2.75, 3.05) is 20.0 Å². The average Bonchev–Trinajstić information content (AvgIpc) is 2.97. The second-order valence-corrected chi connectivity index (χ2v) is 6.60. The van der Waals surface area contributed by atoms with Gasteiger partial charge in [-0.3, -0.25) is 9.78 Å². The predicted octanol–water partition coefficient (Wildman–Crippen LogP) is 3.13. The van der Waals surface area contributed by atoms with Crippen molar-refractivity contribution in [3.05, 3.63) is 46.6 Å². The molecule has 0 aliphatic heterocycles. The summed E-state index contributed by atoms with van der Waals surface area (Å²) in [6, 6.07) is 5.52. The molecule has 0 spiro atoms. The van der Waals surface area contributed by atoms with E-state index >= 15 is 0 Å². The second kappa shape index (κ2) is 6.98. The number of hydrogen-bond donors (Lipinski definition) is 2. The molecule has 0 aliphatic carbocycles. The van der Waals surface area contributed by atoms with Crippen molar-refractivity contribution >= 4 is 33.0 Å². The van der Waals surface area contributed by atoms with Gasteiger partial charge in [-0.1, -0.05) is 6.07 Å². The molecule has 0 saturated carbocycles. The first kappa shape index (κ1) is 17.0. The highest BCUT2D eigenvalue weighted by atomic mass is 32.1. The number of carbonyl (C=O) groups excluding carboxylic acids is 1. The van der Waals surface area contributed by atoms with Gasteiger partial charge in [0.05, 0.1) is 24.6 Å². The van der Waals surface area contributed by atoms with Crippen molar-refractivity contribution in [1.29, 1.82) is 0 Å². The Morgan fingerprint density at radius 1 is 1.24 bits per heavy atom. The van der Waals surface area contributed by atoms with E-state index in [1.165, 1.54) is 11.3 Å². The number of ether oxygens (including phenoxy) is 2. The lowest BCUT2D eigenvalue weighted by Crippen LogP contribution is -2.22. The number of aryl methyl sites for hydroxylation is 1. The van der Waals surface area contributed by atoms with Crippen molar-refractivity contribution in [1.82, 2.24) is 10.3 Å². The van der Waals surface area contributed by atoms with Gasteiger partial charge in [0.15, 0.2) is 11.5 Å². The largest absolute Gasteiger partial charge is 0.493 e. The zero-order valence-electron chi connectivity index (χ0n) is 14.3. The minimum atomic E-state index is -0.201. The number of carbonyl (C=O) groups is 1. The van der Waals surface area contributed by atoms with E-state index in [0.717, 1.165) is 21.2 Å². The number of hydrogen-bond acceptors (Lipinski definition) is 6. The number of nitrogens with zero attached hydrogens (tertiary/aromatic N) is 1. The molecule has 2 heterocycles. The van der Waals surface area contributed by atoms with Crippen LogP contribution in [0.3, 0.4) is 0 Å². The molecule has 1 amide bonds. The Bertz CT molecular complexity index is 937. The maximum absolute atomic E-state index is 12.5. The smallest absolute Gasteiger partial charge is 0.263 e. The van der Waals surface area contributed by atoms with Crippen LogP contribution in [0.5, 0.6) is 11.5 Å². The average molecular weight is 357 g/mol. The van der Waals surface area contributed by atoms with Crippen molar-refractivity contribution < 1.29 is 14.3 Å². The Labute approximate surface area is 149 Å². The van der Waals surface area contributed by atoms with Crippen LogP contribution in [0.2, 0.25) is 0 Å². The molecule has 0 aliphatic rings. The molecule has 0 bridgehead atoms. The summed E-state index contributed by atoms with van der Waals surface area (Å²) in [5.41, 5.74) is 8.55. The fourth-order valence-corrected chi connectivity index (χ4v) is 3.75. The second-order valence-electron chi connectivity index (χ2n) is 5.55. The van der Waals surface area contributed by atoms with Crippen LogP contribution in [0.1, 0.15) is 20.8 Å². The molecule has 7 heteroatoms. The van der Waals surface area contributed by atoms with Crippen LogP contribution >= 0.6 is 11.3 Å². The molecule has 0 saturated heterocycles. The number of benzene rings is 1. The van der Waals surface area contributed by atoms with Crippen LogP contribution in [0.4, 0.5) is 5.69 Å². The van der Waals surface area contributed by atoms with E-state index in [2.05, 4.69) is 10.3 Å². The van der Waals surface area contributed by atoms with Crippen LogP contribution in [0, 0.1) is 6.92 Å². The van der Waals surface area contributed by atoms with E-state index in [1.54, 1.807) is 26.6 Å². The first-order valence-corrected chi connectivity index (χ1v) is 8.48. The molecule has 0 radical (unpaired) electrons. The monoisotopic (exact) mass is 357 g/mol. The van der Waals surface area contributed by atoms with Crippen molar-refractivity contribution in [2.24, 2.45) is 0 Å². The quantitative estimate of drug-likeness (QED) is 0.733. The lowest BCUT2D eigenvalue weighted by Gasteiger charge is -2.10. The van der Waals surface area contributed by atoms with Crippen LogP contribution in [-0.4, -0.2) is 25.1 Å².